The Morgan fingerprint density at radius 2 is 2.27 bits per heavy atom. The SMILES string of the molecule is CC(NC(=O)/C(C#N)=C\NCC1CCCO1)c1ccccc1. The fraction of sp³-hybridized carbons (Fsp3) is 0.412. The zero-order valence-corrected chi connectivity index (χ0v) is 12.7. The largest absolute Gasteiger partial charge is 0.387 e. The maximum absolute atomic E-state index is 12.1. The summed E-state index contributed by atoms with van der Waals surface area (Å²) in [7, 11) is 0. The third-order valence-electron chi connectivity index (χ3n) is 3.63. The summed E-state index contributed by atoms with van der Waals surface area (Å²) in [5.41, 5.74) is 1.07. The van der Waals surface area contributed by atoms with E-state index in [9.17, 15) is 4.79 Å². The number of nitriles is 1. The van der Waals surface area contributed by atoms with Crippen LogP contribution in [0.1, 0.15) is 31.4 Å². The van der Waals surface area contributed by atoms with Gasteiger partial charge in [0.05, 0.1) is 12.1 Å². The van der Waals surface area contributed by atoms with Crippen molar-refractivity contribution in [2.24, 2.45) is 0 Å². The number of hydrogen-bond acceptors (Lipinski definition) is 4. The van der Waals surface area contributed by atoms with Crippen molar-refractivity contribution in [2.45, 2.75) is 31.9 Å². The molecular formula is C17H21N3O2. The van der Waals surface area contributed by atoms with Gasteiger partial charge in [-0.2, -0.15) is 5.26 Å². The van der Waals surface area contributed by atoms with Crippen molar-refractivity contribution >= 4 is 5.91 Å². The Morgan fingerprint density at radius 1 is 1.50 bits per heavy atom. The van der Waals surface area contributed by atoms with Crippen LogP contribution in [-0.2, 0) is 9.53 Å². The number of hydrogen-bond donors (Lipinski definition) is 2. The minimum atomic E-state index is -0.376. The Balaban J connectivity index is 1.86. The predicted molar refractivity (Wildman–Crippen MR) is 83.7 cm³/mol. The first-order valence-electron chi connectivity index (χ1n) is 7.51. The second-order valence-electron chi connectivity index (χ2n) is 5.32. The van der Waals surface area contributed by atoms with Gasteiger partial charge in [-0.05, 0) is 25.3 Å². The number of carbonyl (C=O) groups is 1. The maximum atomic E-state index is 12.1. The molecule has 0 aromatic heterocycles. The second-order valence-corrected chi connectivity index (χ2v) is 5.32. The monoisotopic (exact) mass is 299 g/mol. The van der Waals surface area contributed by atoms with Crippen molar-refractivity contribution in [1.82, 2.24) is 10.6 Å². The van der Waals surface area contributed by atoms with Crippen molar-refractivity contribution in [3.63, 3.8) is 0 Å². The van der Waals surface area contributed by atoms with E-state index in [4.69, 9.17) is 10.00 Å². The average molecular weight is 299 g/mol. The smallest absolute Gasteiger partial charge is 0.263 e. The van der Waals surface area contributed by atoms with E-state index in [0.29, 0.717) is 6.54 Å². The van der Waals surface area contributed by atoms with Crippen LogP contribution in [0.4, 0.5) is 0 Å². The number of carbonyl (C=O) groups excluding carboxylic acids is 1. The predicted octanol–water partition coefficient (Wildman–Crippen LogP) is 2.04. The van der Waals surface area contributed by atoms with Crippen LogP contribution in [0.3, 0.4) is 0 Å². The summed E-state index contributed by atoms with van der Waals surface area (Å²) in [5.74, 6) is -0.376. The number of ether oxygens (including phenoxy) is 1. The fourth-order valence-electron chi connectivity index (χ4n) is 2.35. The van der Waals surface area contributed by atoms with Crippen molar-refractivity contribution in [2.75, 3.05) is 13.2 Å². The molecule has 0 spiro atoms. The number of nitrogens with one attached hydrogen (secondary N) is 2. The van der Waals surface area contributed by atoms with Gasteiger partial charge >= 0.3 is 0 Å². The van der Waals surface area contributed by atoms with Crippen LogP contribution in [0.5, 0.6) is 0 Å². The summed E-state index contributed by atoms with van der Waals surface area (Å²) < 4.78 is 5.48. The topological polar surface area (TPSA) is 74.2 Å². The van der Waals surface area contributed by atoms with Gasteiger partial charge in [0.1, 0.15) is 11.6 Å². The molecule has 2 atom stereocenters. The first-order valence-corrected chi connectivity index (χ1v) is 7.51. The third-order valence-corrected chi connectivity index (χ3v) is 3.63. The molecule has 5 heteroatoms. The van der Waals surface area contributed by atoms with Crippen LogP contribution in [0.25, 0.3) is 0 Å². The van der Waals surface area contributed by atoms with Crippen LogP contribution >= 0.6 is 0 Å². The van der Waals surface area contributed by atoms with E-state index < -0.39 is 0 Å². The van der Waals surface area contributed by atoms with Crippen LogP contribution in [0.15, 0.2) is 42.1 Å². The van der Waals surface area contributed by atoms with Crippen molar-refractivity contribution in [1.29, 1.82) is 5.26 Å². The first-order chi connectivity index (χ1) is 10.7. The Bertz CT molecular complexity index is 557. The zero-order valence-electron chi connectivity index (χ0n) is 12.7. The van der Waals surface area contributed by atoms with Gasteiger partial charge in [0.2, 0.25) is 0 Å². The molecule has 1 fully saturated rings. The van der Waals surface area contributed by atoms with Crippen LogP contribution in [0, 0.1) is 11.3 Å². The highest BCUT2D eigenvalue weighted by molar-refractivity contribution is 5.97. The first kappa shape index (κ1) is 16.1. The summed E-state index contributed by atoms with van der Waals surface area (Å²) in [6, 6.07) is 11.4. The van der Waals surface area contributed by atoms with E-state index in [2.05, 4.69) is 10.6 Å². The highest BCUT2D eigenvalue weighted by Gasteiger charge is 2.16. The molecule has 1 aromatic carbocycles. The Hall–Kier alpha value is -2.32. The molecule has 0 bridgehead atoms. The lowest BCUT2D eigenvalue weighted by molar-refractivity contribution is -0.117. The third kappa shape index (κ3) is 4.61. The normalized spacial score (nSPS) is 19.3. The molecule has 2 rings (SSSR count). The molecule has 1 saturated heterocycles. The number of amides is 1. The Labute approximate surface area is 131 Å². The summed E-state index contributed by atoms with van der Waals surface area (Å²) in [6.45, 7) is 3.30. The highest BCUT2D eigenvalue weighted by atomic mass is 16.5. The molecule has 1 heterocycles. The number of benzene rings is 1. The molecule has 0 radical (unpaired) electrons. The van der Waals surface area contributed by atoms with Crippen molar-refractivity contribution in [3.05, 3.63) is 47.7 Å². The van der Waals surface area contributed by atoms with E-state index in [1.807, 2.05) is 43.3 Å². The number of nitrogens with zero attached hydrogens (tertiary/aromatic N) is 1. The molecule has 2 N–H and O–H groups in total. The summed E-state index contributed by atoms with van der Waals surface area (Å²) in [5, 5.41) is 14.9. The quantitative estimate of drug-likeness (QED) is 0.623. The molecule has 22 heavy (non-hydrogen) atoms. The molecule has 1 aliphatic rings. The van der Waals surface area contributed by atoms with Crippen molar-refractivity contribution < 1.29 is 9.53 Å². The van der Waals surface area contributed by atoms with E-state index in [1.54, 1.807) is 0 Å². The second kappa shape index (κ2) is 8.20. The van der Waals surface area contributed by atoms with Crippen LogP contribution in [0.2, 0.25) is 0 Å². The summed E-state index contributed by atoms with van der Waals surface area (Å²) in [6.07, 6.45) is 3.72. The van der Waals surface area contributed by atoms with Gasteiger partial charge < -0.3 is 15.4 Å². The minimum absolute atomic E-state index is 0.0702. The number of rotatable bonds is 6. The van der Waals surface area contributed by atoms with Gasteiger partial charge in [-0.3, -0.25) is 4.79 Å². The Kier molecular flexibility index (Phi) is 5.99. The zero-order chi connectivity index (χ0) is 15.8. The van der Waals surface area contributed by atoms with E-state index in [1.165, 1.54) is 6.20 Å². The van der Waals surface area contributed by atoms with E-state index >= 15 is 0 Å². The van der Waals surface area contributed by atoms with Gasteiger partial charge in [0.15, 0.2) is 0 Å². The summed E-state index contributed by atoms with van der Waals surface area (Å²) >= 11 is 0. The molecule has 5 nitrogen and oxygen atoms in total. The van der Waals surface area contributed by atoms with Crippen LogP contribution in [-0.4, -0.2) is 25.2 Å². The van der Waals surface area contributed by atoms with Gasteiger partial charge in [0.25, 0.3) is 5.91 Å². The lowest BCUT2D eigenvalue weighted by Crippen LogP contribution is -2.29. The summed E-state index contributed by atoms with van der Waals surface area (Å²) in [4.78, 5) is 12.1. The fourth-order valence-corrected chi connectivity index (χ4v) is 2.35. The molecule has 0 saturated carbocycles. The molecule has 1 amide bonds. The van der Waals surface area contributed by atoms with Crippen molar-refractivity contribution in [3.8, 4) is 6.07 Å². The molecule has 1 aromatic rings. The van der Waals surface area contributed by atoms with Gasteiger partial charge in [0, 0.05) is 19.4 Å². The molecular weight excluding hydrogens is 278 g/mol. The van der Waals surface area contributed by atoms with E-state index in [-0.39, 0.29) is 23.6 Å². The van der Waals surface area contributed by atoms with E-state index in [0.717, 1.165) is 25.0 Å². The lowest BCUT2D eigenvalue weighted by atomic mass is 10.1. The molecule has 116 valence electrons. The van der Waals surface area contributed by atoms with Gasteiger partial charge in [-0.15, -0.1) is 0 Å². The minimum Gasteiger partial charge on any atom is -0.387 e. The molecule has 1 aliphatic heterocycles. The van der Waals surface area contributed by atoms with Gasteiger partial charge in [-0.1, -0.05) is 30.3 Å². The molecule has 2 unspecified atom stereocenters. The maximum Gasteiger partial charge on any atom is 0.263 e. The Morgan fingerprint density at radius 3 is 2.91 bits per heavy atom. The molecule has 0 aliphatic carbocycles. The van der Waals surface area contributed by atoms with Gasteiger partial charge in [-0.25, -0.2) is 0 Å². The van der Waals surface area contributed by atoms with Crippen LogP contribution < -0.4 is 10.6 Å². The average Bonchev–Trinajstić information content (AvgIpc) is 3.05. The standard InChI is InChI=1S/C17H21N3O2/c1-13(14-6-3-2-4-7-14)20-17(21)15(10-18)11-19-12-16-8-5-9-22-16/h2-4,6-7,11,13,16,19H,5,8-9,12H2,1H3,(H,20,21)/b15-11-. The lowest BCUT2D eigenvalue weighted by Gasteiger charge is -2.14. The highest BCUT2D eigenvalue weighted by Crippen LogP contribution is 2.12.